The molecule has 0 heterocycles. The molecule has 7 nitrogen and oxygen atoms in total. The number of nitriles is 1. The molecule has 0 unspecified atom stereocenters. The number of carbonyl (C=O) groups excluding carboxylic acids is 2. The standard InChI is InChI=1S/C22H20Cl2N2O5/c1-4-30-20(27)12-31-21-18(24)8-14(9-19(21)29-3)7-15(11-25)22(28)26-16-6-5-13(2)17(23)10-16/h5-10H,4,12H2,1-3H3,(H,26,28)/b15-7-. The molecule has 0 radical (unpaired) electrons. The number of nitrogens with zero attached hydrogens (tertiary/aromatic N) is 1. The van der Waals surface area contributed by atoms with Crippen LogP contribution in [-0.4, -0.2) is 32.2 Å². The van der Waals surface area contributed by atoms with E-state index in [1.54, 1.807) is 25.1 Å². The van der Waals surface area contributed by atoms with Gasteiger partial charge in [-0.2, -0.15) is 5.26 Å². The van der Waals surface area contributed by atoms with Crippen molar-refractivity contribution in [1.82, 2.24) is 0 Å². The summed E-state index contributed by atoms with van der Waals surface area (Å²) in [4.78, 5) is 24.0. The summed E-state index contributed by atoms with van der Waals surface area (Å²) in [6.45, 7) is 3.41. The second-order valence-corrected chi connectivity index (χ2v) is 7.03. The summed E-state index contributed by atoms with van der Waals surface area (Å²) >= 11 is 12.3. The summed E-state index contributed by atoms with van der Waals surface area (Å²) in [6.07, 6.45) is 1.36. The number of esters is 1. The van der Waals surface area contributed by atoms with Crippen LogP contribution in [0.15, 0.2) is 35.9 Å². The van der Waals surface area contributed by atoms with E-state index in [0.717, 1.165) is 5.56 Å². The molecule has 2 rings (SSSR count). The van der Waals surface area contributed by atoms with Gasteiger partial charge in [-0.25, -0.2) is 4.79 Å². The van der Waals surface area contributed by atoms with Crippen LogP contribution in [0.4, 0.5) is 5.69 Å². The predicted molar refractivity (Wildman–Crippen MR) is 119 cm³/mol. The van der Waals surface area contributed by atoms with Crippen LogP contribution in [-0.2, 0) is 14.3 Å². The Balaban J connectivity index is 2.25. The average molecular weight is 463 g/mol. The Kier molecular flexibility index (Phi) is 8.74. The van der Waals surface area contributed by atoms with Crippen LogP contribution in [0, 0.1) is 18.3 Å². The highest BCUT2D eigenvalue weighted by Crippen LogP contribution is 2.37. The van der Waals surface area contributed by atoms with Gasteiger partial charge in [-0.05, 0) is 55.3 Å². The molecular weight excluding hydrogens is 443 g/mol. The Hall–Kier alpha value is -3.21. The normalized spacial score (nSPS) is 10.8. The maximum absolute atomic E-state index is 12.5. The lowest BCUT2D eigenvalue weighted by Gasteiger charge is -2.13. The number of methoxy groups -OCH3 is 1. The Labute approximate surface area is 190 Å². The van der Waals surface area contributed by atoms with Gasteiger partial charge in [0.25, 0.3) is 5.91 Å². The van der Waals surface area contributed by atoms with Crippen LogP contribution in [0.1, 0.15) is 18.1 Å². The maximum atomic E-state index is 12.5. The Bertz CT molecular complexity index is 1060. The number of aryl methyl sites for hydroxylation is 1. The molecule has 0 atom stereocenters. The third-order valence-electron chi connectivity index (χ3n) is 4.00. The number of rotatable bonds is 8. The van der Waals surface area contributed by atoms with E-state index >= 15 is 0 Å². The van der Waals surface area contributed by atoms with Gasteiger partial charge in [-0.3, -0.25) is 4.79 Å². The molecule has 0 saturated heterocycles. The Morgan fingerprint density at radius 2 is 1.94 bits per heavy atom. The quantitative estimate of drug-likeness (QED) is 0.343. The van der Waals surface area contributed by atoms with Crippen molar-refractivity contribution in [2.75, 3.05) is 25.6 Å². The molecule has 0 aromatic heterocycles. The van der Waals surface area contributed by atoms with Crippen LogP contribution in [0.5, 0.6) is 11.5 Å². The second-order valence-electron chi connectivity index (χ2n) is 6.22. The van der Waals surface area contributed by atoms with Gasteiger partial charge in [0, 0.05) is 10.7 Å². The number of hydrogen-bond acceptors (Lipinski definition) is 6. The SMILES string of the molecule is CCOC(=O)COc1c(Cl)cc(/C=C(/C#N)C(=O)Nc2ccc(C)c(Cl)c2)cc1OC. The van der Waals surface area contributed by atoms with E-state index in [0.29, 0.717) is 16.3 Å². The highest BCUT2D eigenvalue weighted by molar-refractivity contribution is 6.32. The van der Waals surface area contributed by atoms with Crippen LogP contribution >= 0.6 is 23.2 Å². The van der Waals surface area contributed by atoms with Crippen molar-refractivity contribution in [2.45, 2.75) is 13.8 Å². The van der Waals surface area contributed by atoms with Crippen LogP contribution in [0.25, 0.3) is 6.08 Å². The minimum atomic E-state index is -0.611. The maximum Gasteiger partial charge on any atom is 0.344 e. The molecular formula is C22H20Cl2N2O5. The van der Waals surface area contributed by atoms with E-state index in [2.05, 4.69) is 5.32 Å². The van der Waals surface area contributed by atoms with E-state index in [-0.39, 0.29) is 35.3 Å². The first kappa shape index (κ1) is 24.1. The zero-order chi connectivity index (χ0) is 23.0. The van der Waals surface area contributed by atoms with E-state index in [4.69, 9.17) is 37.4 Å². The summed E-state index contributed by atoms with van der Waals surface area (Å²) in [5, 5.41) is 12.7. The third kappa shape index (κ3) is 6.64. The Morgan fingerprint density at radius 3 is 2.55 bits per heavy atom. The van der Waals surface area contributed by atoms with E-state index in [1.807, 2.05) is 13.0 Å². The second kappa shape index (κ2) is 11.3. The molecule has 1 N–H and O–H groups in total. The third-order valence-corrected chi connectivity index (χ3v) is 4.69. The number of halogens is 2. The molecule has 0 saturated carbocycles. The number of carbonyl (C=O) groups is 2. The lowest BCUT2D eigenvalue weighted by molar-refractivity contribution is -0.145. The van der Waals surface area contributed by atoms with Gasteiger partial charge in [0.2, 0.25) is 0 Å². The number of ether oxygens (including phenoxy) is 3. The smallest absolute Gasteiger partial charge is 0.344 e. The zero-order valence-corrected chi connectivity index (χ0v) is 18.6. The van der Waals surface area contributed by atoms with Crippen molar-refractivity contribution in [3.8, 4) is 17.6 Å². The van der Waals surface area contributed by atoms with Gasteiger partial charge in [0.1, 0.15) is 11.6 Å². The summed E-state index contributed by atoms with van der Waals surface area (Å²) < 4.78 is 15.5. The van der Waals surface area contributed by atoms with Crippen molar-refractivity contribution in [3.05, 3.63) is 57.1 Å². The lowest BCUT2D eigenvalue weighted by Crippen LogP contribution is -2.15. The van der Waals surface area contributed by atoms with Gasteiger partial charge in [0.15, 0.2) is 18.1 Å². The zero-order valence-electron chi connectivity index (χ0n) is 17.1. The molecule has 1 amide bonds. The van der Waals surface area contributed by atoms with Crippen LogP contribution in [0.2, 0.25) is 10.0 Å². The number of nitrogens with one attached hydrogen (secondary N) is 1. The molecule has 0 bridgehead atoms. The highest BCUT2D eigenvalue weighted by atomic mass is 35.5. The predicted octanol–water partition coefficient (Wildman–Crippen LogP) is 4.80. The van der Waals surface area contributed by atoms with Crippen LogP contribution in [0.3, 0.4) is 0 Å². The molecule has 9 heteroatoms. The van der Waals surface area contributed by atoms with Crippen molar-refractivity contribution in [2.24, 2.45) is 0 Å². The van der Waals surface area contributed by atoms with E-state index < -0.39 is 11.9 Å². The van der Waals surface area contributed by atoms with Crippen molar-refractivity contribution < 1.29 is 23.8 Å². The average Bonchev–Trinajstić information content (AvgIpc) is 2.73. The molecule has 0 aliphatic heterocycles. The molecule has 0 fully saturated rings. The summed E-state index contributed by atoms with van der Waals surface area (Å²) in [5.41, 5.74) is 1.59. The lowest BCUT2D eigenvalue weighted by atomic mass is 10.1. The van der Waals surface area contributed by atoms with E-state index in [1.165, 1.54) is 25.3 Å². The largest absolute Gasteiger partial charge is 0.493 e. The van der Waals surface area contributed by atoms with Crippen LogP contribution < -0.4 is 14.8 Å². The fraction of sp³-hybridized carbons (Fsp3) is 0.227. The molecule has 0 aliphatic rings. The van der Waals surface area contributed by atoms with Gasteiger partial charge in [-0.15, -0.1) is 0 Å². The van der Waals surface area contributed by atoms with Gasteiger partial charge in [0.05, 0.1) is 18.7 Å². The molecule has 0 aliphatic carbocycles. The minimum absolute atomic E-state index is 0.137. The van der Waals surface area contributed by atoms with Gasteiger partial charge in [-0.1, -0.05) is 29.3 Å². The molecule has 162 valence electrons. The monoisotopic (exact) mass is 462 g/mol. The van der Waals surface area contributed by atoms with Gasteiger partial charge < -0.3 is 19.5 Å². The molecule has 0 spiro atoms. The summed E-state index contributed by atoms with van der Waals surface area (Å²) in [7, 11) is 1.40. The number of anilines is 1. The van der Waals surface area contributed by atoms with Gasteiger partial charge >= 0.3 is 5.97 Å². The van der Waals surface area contributed by atoms with Crippen molar-refractivity contribution >= 4 is 46.8 Å². The Morgan fingerprint density at radius 1 is 1.19 bits per heavy atom. The van der Waals surface area contributed by atoms with Crippen molar-refractivity contribution in [3.63, 3.8) is 0 Å². The number of hydrogen-bond donors (Lipinski definition) is 1. The molecule has 2 aromatic carbocycles. The number of benzene rings is 2. The first-order chi connectivity index (χ1) is 14.8. The summed E-state index contributed by atoms with van der Waals surface area (Å²) in [5.74, 6) is -0.790. The molecule has 2 aromatic rings. The van der Waals surface area contributed by atoms with E-state index in [9.17, 15) is 14.9 Å². The fourth-order valence-electron chi connectivity index (χ4n) is 2.48. The highest BCUT2D eigenvalue weighted by Gasteiger charge is 2.16. The first-order valence-electron chi connectivity index (χ1n) is 9.14. The first-order valence-corrected chi connectivity index (χ1v) is 9.89. The molecule has 31 heavy (non-hydrogen) atoms. The summed E-state index contributed by atoms with van der Waals surface area (Å²) in [6, 6.07) is 9.91. The minimum Gasteiger partial charge on any atom is -0.493 e. The topological polar surface area (TPSA) is 97.7 Å². The van der Waals surface area contributed by atoms with Crippen molar-refractivity contribution in [1.29, 1.82) is 5.26 Å². The fourth-order valence-corrected chi connectivity index (χ4v) is 2.94. The number of amides is 1.